The fourth-order valence-corrected chi connectivity index (χ4v) is 2.33. The Labute approximate surface area is 95.2 Å². The average molecular weight is 222 g/mol. The molecule has 1 saturated heterocycles. The van der Waals surface area contributed by atoms with Gasteiger partial charge in [0.25, 0.3) is 0 Å². The van der Waals surface area contributed by atoms with Crippen molar-refractivity contribution in [1.82, 2.24) is 20.1 Å². The first-order valence-corrected chi connectivity index (χ1v) is 6.06. The van der Waals surface area contributed by atoms with Gasteiger partial charge in [0.05, 0.1) is 13.2 Å². The van der Waals surface area contributed by atoms with Crippen LogP contribution in [0, 0.1) is 6.92 Å². The minimum absolute atomic E-state index is 0.398. The number of hydrogen-bond acceptors (Lipinski definition) is 4. The van der Waals surface area contributed by atoms with E-state index in [9.17, 15) is 0 Å². The molecule has 1 aliphatic carbocycles. The summed E-state index contributed by atoms with van der Waals surface area (Å²) in [4.78, 5) is 0. The summed E-state index contributed by atoms with van der Waals surface area (Å²) in [7, 11) is 0. The van der Waals surface area contributed by atoms with E-state index < -0.39 is 0 Å². The van der Waals surface area contributed by atoms with Crippen molar-refractivity contribution in [3.05, 3.63) is 11.6 Å². The number of nitrogens with zero attached hydrogens (tertiary/aromatic N) is 3. The lowest BCUT2D eigenvalue weighted by Gasteiger charge is -2.23. The number of morpholine rings is 1. The van der Waals surface area contributed by atoms with Crippen LogP contribution in [0.15, 0.2) is 0 Å². The maximum Gasteiger partial charge on any atom is 0.134 e. The number of aryl methyl sites for hydroxylation is 1. The minimum atomic E-state index is 0.398. The van der Waals surface area contributed by atoms with Crippen molar-refractivity contribution in [1.29, 1.82) is 0 Å². The molecule has 0 spiro atoms. The second kappa shape index (κ2) is 4.14. The standard InChI is InChI=1S/C11H18N4O/c1-8-13-14-11(15(8)10-2-3-10)6-9-7-16-5-4-12-9/h9-10,12H,2-7H2,1H3. The smallest absolute Gasteiger partial charge is 0.134 e. The molecule has 1 aromatic rings. The number of hydrogen-bond donors (Lipinski definition) is 1. The van der Waals surface area contributed by atoms with Crippen LogP contribution >= 0.6 is 0 Å². The molecule has 2 aliphatic rings. The van der Waals surface area contributed by atoms with E-state index in [1.54, 1.807) is 0 Å². The second-order valence-electron chi connectivity index (χ2n) is 4.69. The van der Waals surface area contributed by atoms with Gasteiger partial charge >= 0.3 is 0 Å². The van der Waals surface area contributed by atoms with E-state index in [-0.39, 0.29) is 0 Å². The quantitative estimate of drug-likeness (QED) is 0.807. The van der Waals surface area contributed by atoms with Gasteiger partial charge in [-0.15, -0.1) is 10.2 Å². The highest BCUT2D eigenvalue weighted by atomic mass is 16.5. The molecule has 1 aromatic heterocycles. The molecule has 1 saturated carbocycles. The van der Waals surface area contributed by atoms with E-state index in [0.29, 0.717) is 12.1 Å². The predicted octanol–water partition coefficient (Wildman–Crippen LogP) is 0.452. The molecule has 5 nitrogen and oxygen atoms in total. The Bertz CT molecular complexity index is 366. The van der Waals surface area contributed by atoms with Crippen molar-refractivity contribution >= 4 is 0 Å². The van der Waals surface area contributed by atoms with Gasteiger partial charge in [-0.25, -0.2) is 0 Å². The molecule has 3 rings (SSSR count). The maximum absolute atomic E-state index is 5.46. The normalized spacial score (nSPS) is 25.9. The Morgan fingerprint density at radius 2 is 2.31 bits per heavy atom. The van der Waals surface area contributed by atoms with Crippen molar-refractivity contribution in [3.8, 4) is 0 Å². The Morgan fingerprint density at radius 1 is 1.44 bits per heavy atom. The third kappa shape index (κ3) is 1.97. The summed E-state index contributed by atoms with van der Waals surface area (Å²) in [5.41, 5.74) is 0. The van der Waals surface area contributed by atoms with Gasteiger partial charge in [0.2, 0.25) is 0 Å². The van der Waals surface area contributed by atoms with E-state index in [1.807, 2.05) is 6.92 Å². The molecule has 0 aromatic carbocycles. The molecule has 88 valence electrons. The van der Waals surface area contributed by atoms with Crippen LogP contribution in [-0.4, -0.2) is 40.6 Å². The van der Waals surface area contributed by atoms with E-state index in [4.69, 9.17) is 4.74 Å². The van der Waals surface area contributed by atoms with Gasteiger partial charge in [0, 0.05) is 25.0 Å². The molecule has 1 atom stereocenters. The van der Waals surface area contributed by atoms with Gasteiger partial charge in [-0.2, -0.15) is 0 Å². The van der Waals surface area contributed by atoms with Crippen molar-refractivity contribution in [2.75, 3.05) is 19.8 Å². The number of rotatable bonds is 3. The molecular formula is C11H18N4O. The Hall–Kier alpha value is -0.940. The van der Waals surface area contributed by atoms with Gasteiger partial charge in [0.1, 0.15) is 11.6 Å². The van der Waals surface area contributed by atoms with E-state index in [1.165, 1.54) is 12.8 Å². The minimum Gasteiger partial charge on any atom is -0.379 e. The number of ether oxygens (including phenoxy) is 1. The monoisotopic (exact) mass is 222 g/mol. The van der Waals surface area contributed by atoms with Crippen LogP contribution in [0.1, 0.15) is 30.5 Å². The fraction of sp³-hybridized carbons (Fsp3) is 0.818. The largest absolute Gasteiger partial charge is 0.379 e. The van der Waals surface area contributed by atoms with Gasteiger partial charge in [-0.3, -0.25) is 0 Å². The molecule has 2 heterocycles. The third-order valence-corrected chi connectivity index (χ3v) is 3.28. The first kappa shape index (κ1) is 10.2. The molecule has 1 N–H and O–H groups in total. The van der Waals surface area contributed by atoms with E-state index in [0.717, 1.165) is 37.8 Å². The Kier molecular flexibility index (Phi) is 2.65. The van der Waals surface area contributed by atoms with Gasteiger partial charge in [-0.05, 0) is 19.8 Å². The highest BCUT2D eigenvalue weighted by Crippen LogP contribution is 2.36. The molecular weight excluding hydrogens is 204 g/mol. The van der Waals surface area contributed by atoms with Crippen molar-refractivity contribution in [2.24, 2.45) is 0 Å². The SMILES string of the molecule is Cc1nnc(CC2COCCN2)n1C1CC1. The van der Waals surface area contributed by atoms with Crippen molar-refractivity contribution < 1.29 is 4.74 Å². The molecule has 1 unspecified atom stereocenters. The van der Waals surface area contributed by atoms with Crippen molar-refractivity contribution in [3.63, 3.8) is 0 Å². The summed E-state index contributed by atoms with van der Waals surface area (Å²) in [5, 5.41) is 11.9. The average Bonchev–Trinajstić information content (AvgIpc) is 3.07. The van der Waals surface area contributed by atoms with Crippen LogP contribution in [0.2, 0.25) is 0 Å². The van der Waals surface area contributed by atoms with E-state index in [2.05, 4.69) is 20.1 Å². The zero-order valence-electron chi connectivity index (χ0n) is 9.65. The first-order valence-electron chi connectivity index (χ1n) is 6.06. The zero-order chi connectivity index (χ0) is 11.0. The molecule has 1 aliphatic heterocycles. The highest BCUT2D eigenvalue weighted by molar-refractivity contribution is 5.03. The summed E-state index contributed by atoms with van der Waals surface area (Å²) < 4.78 is 7.76. The van der Waals surface area contributed by atoms with Gasteiger partial charge in [0.15, 0.2) is 0 Å². The summed E-state index contributed by atoms with van der Waals surface area (Å²) >= 11 is 0. The molecule has 0 amide bonds. The van der Waals surface area contributed by atoms with Crippen LogP contribution in [0.5, 0.6) is 0 Å². The summed E-state index contributed by atoms with van der Waals surface area (Å²) in [6, 6.07) is 1.06. The Balaban J connectivity index is 1.73. The van der Waals surface area contributed by atoms with Crippen LogP contribution < -0.4 is 5.32 Å². The predicted molar refractivity (Wildman–Crippen MR) is 59.3 cm³/mol. The lowest BCUT2D eigenvalue weighted by molar-refractivity contribution is 0.0761. The summed E-state index contributed by atoms with van der Waals surface area (Å²) in [6.45, 7) is 4.60. The fourth-order valence-electron chi connectivity index (χ4n) is 2.33. The zero-order valence-corrected chi connectivity index (χ0v) is 9.65. The maximum atomic E-state index is 5.46. The van der Waals surface area contributed by atoms with Gasteiger partial charge in [-0.1, -0.05) is 0 Å². The summed E-state index contributed by atoms with van der Waals surface area (Å²) in [5.74, 6) is 2.16. The third-order valence-electron chi connectivity index (χ3n) is 3.28. The topological polar surface area (TPSA) is 52.0 Å². The lowest BCUT2D eigenvalue weighted by atomic mass is 10.2. The Morgan fingerprint density at radius 3 is 3.00 bits per heavy atom. The molecule has 5 heteroatoms. The number of aromatic nitrogens is 3. The van der Waals surface area contributed by atoms with Crippen LogP contribution in [0.3, 0.4) is 0 Å². The molecule has 16 heavy (non-hydrogen) atoms. The lowest BCUT2D eigenvalue weighted by Crippen LogP contribution is -2.43. The number of nitrogens with one attached hydrogen (secondary N) is 1. The molecule has 0 radical (unpaired) electrons. The molecule has 2 fully saturated rings. The van der Waals surface area contributed by atoms with Gasteiger partial charge < -0.3 is 14.6 Å². The first-order chi connectivity index (χ1) is 7.84. The second-order valence-corrected chi connectivity index (χ2v) is 4.69. The van der Waals surface area contributed by atoms with Crippen LogP contribution in [0.4, 0.5) is 0 Å². The van der Waals surface area contributed by atoms with E-state index >= 15 is 0 Å². The molecule has 0 bridgehead atoms. The summed E-state index contributed by atoms with van der Waals surface area (Å²) in [6.07, 6.45) is 3.48. The van der Waals surface area contributed by atoms with Crippen LogP contribution in [-0.2, 0) is 11.2 Å². The highest BCUT2D eigenvalue weighted by Gasteiger charge is 2.29. The van der Waals surface area contributed by atoms with Crippen LogP contribution in [0.25, 0.3) is 0 Å². The van der Waals surface area contributed by atoms with Crippen molar-refractivity contribution in [2.45, 2.75) is 38.3 Å².